The first-order valence-corrected chi connectivity index (χ1v) is 17.7. The van der Waals surface area contributed by atoms with E-state index in [1.165, 1.54) is 17.2 Å². The van der Waals surface area contributed by atoms with Crippen molar-refractivity contribution >= 4 is 39.2 Å². The summed E-state index contributed by atoms with van der Waals surface area (Å²) in [4.78, 5) is 27.6. The van der Waals surface area contributed by atoms with Crippen molar-refractivity contribution in [3.8, 4) is 5.75 Å². The van der Waals surface area contributed by atoms with Crippen molar-refractivity contribution in [1.29, 1.82) is 0 Å². The minimum Gasteiger partial charge on any atom is -0.490 e. The second kappa shape index (κ2) is 12.0. The number of carbonyl (C=O) groups is 2. The fourth-order valence-electron chi connectivity index (χ4n) is 7.79. The number of hydrogen-bond acceptors (Lipinski definition) is 6. The smallest absolute Gasteiger partial charge is 0.328 e. The van der Waals surface area contributed by atoms with Gasteiger partial charge in [-0.25, -0.2) is 17.9 Å². The van der Waals surface area contributed by atoms with Crippen LogP contribution < -0.4 is 14.4 Å². The summed E-state index contributed by atoms with van der Waals surface area (Å²) in [5.41, 5.74) is 4.12. The van der Waals surface area contributed by atoms with Crippen LogP contribution >= 0.6 is 11.6 Å². The Bertz CT molecular complexity index is 1610. The first kappa shape index (κ1) is 31.0. The minimum atomic E-state index is -3.94. The predicted molar refractivity (Wildman–Crippen MR) is 171 cm³/mol. The molecule has 5 atom stereocenters. The highest BCUT2D eigenvalue weighted by atomic mass is 35.5. The number of halogens is 1. The zero-order chi connectivity index (χ0) is 31.2. The molecule has 1 saturated carbocycles. The fraction of sp³-hybridized carbons (Fsp3) is 0.529. The molecule has 1 fully saturated rings. The third-order valence-electron chi connectivity index (χ3n) is 10.6. The average molecular weight is 641 g/mol. The quantitative estimate of drug-likeness (QED) is 0.361. The van der Waals surface area contributed by atoms with Crippen molar-refractivity contribution in [2.24, 2.45) is 17.8 Å². The summed E-state index contributed by atoms with van der Waals surface area (Å²) in [6, 6.07) is 11.3. The van der Waals surface area contributed by atoms with Gasteiger partial charge >= 0.3 is 5.97 Å². The Balaban J connectivity index is 1.44. The Kier molecular flexibility index (Phi) is 8.48. The summed E-state index contributed by atoms with van der Waals surface area (Å²) >= 11 is 6.40. The molecule has 0 saturated heterocycles. The van der Waals surface area contributed by atoms with Crippen LogP contribution in [0.4, 0.5) is 5.69 Å². The molecule has 2 aliphatic heterocycles. The molecule has 2 aromatic rings. The lowest BCUT2D eigenvalue weighted by molar-refractivity contribution is -0.131. The van der Waals surface area contributed by atoms with E-state index in [4.69, 9.17) is 16.3 Å². The van der Waals surface area contributed by atoms with Gasteiger partial charge in [0.25, 0.3) is 5.91 Å². The molecule has 236 valence electrons. The standard InChI is InChI=1S/C34H41ClN2O6S/c1-21-5-3-6-23(17-32(38)39)28-11-8-26(28)18-37-19-34(14-4-7-24-15-27(35)10-12-29(24)34)20-43-31-13-9-25(16-30(31)37)33(40)36-44(41,42)22(21)2/h9-10,12-13,15-17,21-22,26,28H,3-8,11,14,18-20H2,1-2H3,(H,36,40)(H,38,39)/b23-17-/t21-,22+,26-,28-,34-/m0/s1. The number of benzene rings is 2. The highest BCUT2D eigenvalue weighted by Crippen LogP contribution is 2.48. The van der Waals surface area contributed by atoms with Crippen LogP contribution in [-0.2, 0) is 26.7 Å². The molecule has 2 aliphatic carbocycles. The highest BCUT2D eigenvalue weighted by Gasteiger charge is 2.44. The van der Waals surface area contributed by atoms with Gasteiger partial charge < -0.3 is 14.7 Å². The number of aliphatic carboxylic acids is 1. The molecule has 6 rings (SSSR count). The van der Waals surface area contributed by atoms with E-state index in [9.17, 15) is 23.1 Å². The molecule has 44 heavy (non-hydrogen) atoms. The fourth-order valence-corrected chi connectivity index (χ4v) is 9.29. The molecular formula is C34H41ClN2O6S. The zero-order valence-corrected chi connectivity index (χ0v) is 26.9. The molecule has 2 N–H and O–H groups in total. The number of carbonyl (C=O) groups excluding carboxylic acids is 1. The van der Waals surface area contributed by atoms with Gasteiger partial charge in [-0.1, -0.05) is 30.2 Å². The van der Waals surface area contributed by atoms with Gasteiger partial charge in [-0.2, -0.15) is 0 Å². The van der Waals surface area contributed by atoms with Gasteiger partial charge in [0, 0.05) is 35.2 Å². The second-order valence-electron chi connectivity index (χ2n) is 13.3. The van der Waals surface area contributed by atoms with Crippen LogP contribution in [0.1, 0.15) is 80.3 Å². The van der Waals surface area contributed by atoms with E-state index in [0.29, 0.717) is 49.7 Å². The first-order chi connectivity index (χ1) is 21.0. The van der Waals surface area contributed by atoms with Gasteiger partial charge in [0.1, 0.15) is 5.75 Å². The highest BCUT2D eigenvalue weighted by molar-refractivity contribution is 7.90. The lowest BCUT2D eigenvalue weighted by Crippen LogP contribution is -2.48. The number of hydrogen-bond donors (Lipinski definition) is 2. The molecule has 2 bridgehead atoms. The van der Waals surface area contributed by atoms with Gasteiger partial charge in [0.2, 0.25) is 10.0 Å². The maximum Gasteiger partial charge on any atom is 0.328 e. The number of rotatable bonds is 1. The lowest BCUT2D eigenvalue weighted by atomic mass is 9.67. The number of aryl methyl sites for hydroxylation is 1. The molecule has 0 radical (unpaired) electrons. The third-order valence-corrected chi connectivity index (χ3v) is 12.8. The van der Waals surface area contributed by atoms with E-state index in [2.05, 4.69) is 21.8 Å². The maximum atomic E-state index is 13.4. The van der Waals surface area contributed by atoms with Crippen molar-refractivity contribution in [3.05, 3.63) is 69.8 Å². The third kappa shape index (κ3) is 5.97. The van der Waals surface area contributed by atoms with Gasteiger partial charge in [-0.05, 0) is 118 Å². The van der Waals surface area contributed by atoms with E-state index < -0.39 is 27.1 Å². The van der Waals surface area contributed by atoms with Crippen molar-refractivity contribution in [1.82, 2.24) is 4.72 Å². The van der Waals surface area contributed by atoms with Crippen LogP contribution in [-0.4, -0.2) is 50.3 Å². The molecular weight excluding hydrogens is 600 g/mol. The minimum absolute atomic E-state index is 0.142. The molecule has 4 aliphatic rings. The summed E-state index contributed by atoms with van der Waals surface area (Å²) < 4.78 is 35.4. The number of amides is 1. The molecule has 1 spiro atoms. The number of anilines is 1. The molecule has 10 heteroatoms. The molecule has 0 unspecified atom stereocenters. The summed E-state index contributed by atoms with van der Waals surface area (Å²) in [7, 11) is -3.94. The molecule has 1 amide bonds. The Morgan fingerprint density at radius 1 is 1.11 bits per heavy atom. The zero-order valence-electron chi connectivity index (χ0n) is 25.4. The normalized spacial score (nSPS) is 31.1. The molecule has 8 nitrogen and oxygen atoms in total. The van der Waals surface area contributed by atoms with E-state index in [-0.39, 0.29) is 28.7 Å². The average Bonchev–Trinajstić information content (AvgIpc) is 3.10. The number of carboxylic acids is 1. The van der Waals surface area contributed by atoms with Gasteiger partial charge in [-0.3, -0.25) is 4.79 Å². The summed E-state index contributed by atoms with van der Waals surface area (Å²) in [5, 5.41) is 9.67. The van der Waals surface area contributed by atoms with Crippen molar-refractivity contribution in [2.45, 2.75) is 75.9 Å². The summed E-state index contributed by atoms with van der Waals surface area (Å²) in [5.74, 6) is -0.758. The monoisotopic (exact) mass is 640 g/mol. The van der Waals surface area contributed by atoms with Crippen LogP contribution in [0.2, 0.25) is 5.02 Å². The number of allylic oxidation sites excluding steroid dienone is 1. The maximum absolute atomic E-state index is 13.4. The van der Waals surface area contributed by atoms with Crippen LogP contribution in [0.15, 0.2) is 48.0 Å². The van der Waals surface area contributed by atoms with Crippen LogP contribution in [0.3, 0.4) is 0 Å². The predicted octanol–water partition coefficient (Wildman–Crippen LogP) is 6.12. The summed E-state index contributed by atoms with van der Waals surface area (Å²) in [6.45, 7) is 5.31. The van der Waals surface area contributed by atoms with E-state index in [1.807, 2.05) is 13.0 Å². The van der Waals surface area contributed by atoms with Gasteiger partial charge in [0.15, 0.2) is 0 Å². The topological polar surface area (TPSA) is 113 Å². The van der Waals surface area contributed by atoms with Crippen molar-refractivity contribution in [2.75, 3.05) is 24.6 Å². The van der Waals surface area contributed by atoms with Crippen LogP contribution in [0.25, 0.3) is 0 Å². The number of nitrogens with zero attached hydrogens (tertiary/aromatic N) is 1. The summed E-state index contributed by atoms with van der Waals surface area (Å²) in [6.07, 6.45) is 8.08. The number of carboxylic acid groups (broad SMARTS) is 1. The second-order valence-corrected chi connectivity index (χ2v) is 15.8. The van der Waals surface area contributed by atoms with Gasteiger partial charge in [0.05, 0.1) is 17.5 Å². The Morgan fingerprint density at radius 2 is 1.93 bits per heavy atom. The molecule has 2 heterocycles. The largest absolute Gasteiger partial charge is 0.490 e. The Morgan fingerprint density at radius 3 is 2.68 bits per heavy atom. The Labute approximate surface area is 264 Å². The van der Waals surface area contributed by atoms with E-state index in [0.717, 1.165) is 43.4 Å². The van der Waals surface area contributed by atoms with E-state index >= 15 is 0 Å². The number of sulfonamides is 1. The van der Waals surface area contributed by atoms with Crippen molar-refractivity contribution < 1.29 is 27.9 Å². The molecule has 0 aromatic heterocycles. The number of ether oxygens (including phenoxy) is 1. The number of fused-ring (bicyclic) bond motifs is 4. The SMILES string of the molecule is C[C@@H]1[C@@H](C)CCC/C(=C/C(=O)O)[C@@H]2CC[C@H]2CN2C[C@@]3(CCCc4cc(Cl)ccc43)COc3ccc(cc32)C(=O)NS1(=O)=O. The van der Waals surface area contributed by atoms with E-state index in [1.54, 1.807) is 25.1 Å². The lowest BCUT2D eigenvalue weighted by Gasteiger charge is -2.45. The number of nitrogens with one attached hydrogen (secondary N) is 1. The van der Waals surface area contributed by atoms with Crippen molar-refractivity contribution in [3.63, 3.8) is 0 Å². The first-order valence-electron chi connectivity index (χ1n) is 15.8. The van der Waals surface area contributed by atoms with Gasteiger partial charge in [-0.15, -0.1) is 0 Å². The Hall–Kier alpha value is -3.04. The van der Waals surface area contributed by atoms with Crippen LogP contribution in [0, 0.1) is 17.8 Å². The molecule has 2 aromatic carbocycles. The van der Waals surface area contributed by atoms with Crippen LogP contribution in [0.5, 0.6) is 5.75 Å².